The molecule has 10 heteroatoms. The van der Waals surface area contributed by atoms with E-state index in [2.05, 4.69) is 27.3 Å². The first-order valence-corrected chi connectivity index (χ1v) is 13.5. The van der Waals surface area contributed by atoms with Crippen molar-refractivity contribution in [2.45, 2.75) is 13.0 Å². The highest BCUT2D eigenvalue weighted by Gasteiger charge is 2.29. The number of rotatable bonds is 7. The van der Waals surface area contributed by atoms with E-state index in [9.17, 15) is 9.90 Å². The molecule has 1 aromatic heterocycles. The van der Waals surface area contributed by atoms with Crippen molar-refractivity contribution in [3.05, 3.63) is 60.3 Å². The van der Waals surface area contributed by atoms with E-state index in [-0.39, 0.29) is 11.7 Å². The minimum absolute atomic E-state index is 0.0386. The van der Waals surface area contributed by atoms with Crippen LogP contribution >= 0.6 is 0 Å². The lowest BCUT2D eigenvalue weighted by Crippen LogP contribution is -2.49. The van der Waals surface area contributed by atoms with E-state index in [0.717, 1.165) is 66.2 Å². The van der Waals surface area contributed by atoms with Crippen LogP contribution in [0.1, 0.15) is 11.3 Å². The maximum atomic E-state index is 12.1. The van der Waals surface area contributed by atoms with E-state index in [0.29, 0.717) is 52.1 Å². The number of carbonyl (C=O) groups excluding carboxylic acids is 1. The van der Waals surface area contributed by atoms with Crippen LogP contribution in [0.2, 0.25) is 0 Å². The lowest BCUT2D eigenvalue weighted by Gasteiger charge is -2.38. The van der Waals surface area contributed by atoms with Gasteiger partial charge in [0.25, 0.3) is 0 Å². The molecule has 4 heterocycles. The molecule has 39 heavy (non-hydrogen) atoms. The van der Waals surface area contributed by atoms with Crippen molar-refractivity contribution in [3.8, 4) is 11.8 Å². The molecule has 0 unspecified atom stereocenters. The molecule has 10 nitrogen and oxygen atoms in total. The van der Waals surface area contributed by atoms with Gasteiger partial charge in [0, 0.05) is 68.5 Å². The Bertz CT molecular complexity index is 1370. The second kappa shape index (κ2) is 11.1. The summed E-state index contributed by atoms with van der Waals surface area (Å²) >= 11 is 0. The third-order valence-corrected chi connectivity index (χ3v) is 7.72. The van der Waals surface area contributed by atoms with Gasteiger partial charge < -0.3 is 29.3 Å². The van der Waals surface area contributed by atoms with Crippen LogP contribution in [0.3, 0.4) is 0 Å². The average molecular weight is 531 g/mol. The third-order valence-electron chi connectivity index (χ3n) is 7.72. The van der Waals surface area contributed by atoms with Gasteiger partial charge in [0.05, 0.1) is 25.6 Å². The van der Waals surface area contributed by atoms with Crippen LogP contribution in [0.4, 0.5) is 11.5 Å². The summed E-state index contributed by atoms with van der Waals surface area (Å²) in [6.45, 7) is 11.1. The van der Waals surface area contributed by atoms with E-state index in [1.165, 1.54) is 6.08 Å². The van der Waals surface area contributed by atoms with Gasteiger partial charge in [-0.25, -0.2) is 0 Å². The van der Waals surface area contributed by atoms with Gasteiger partial charge in [0.2, 0.25) is 5.91 Å². The quantitative estimate of drug-likeness (QED) is 0.462. The zero-order valence-corrected chi connectivity index (χ0v) is 22.1. The number of aromatic hydroxyl groups is 1. The van der Waals surface area contributed by atoms with E-state index < -0.39 is 0 Å². The van der Waals surface area contributed by atoms with Crippen LogP contribution in [0, 0.1) is 0 Å². The highest BCUT2D eigenvalue weighted by Crippen LogP contribution is 2.36. The van der Waals surface area contributed by atoms with Gasteiger partial charge in [-0.3, -0.25) is 9.69 Å². The number of amides is 1. The molecule has 3 aromatic rings. The number of benzene rings is 2. The first-order chi connectivity index (χ1) is 19.1. The molecule has 204 valence electrons. The van der Waals surface area contributed by atoms with Crippen LogP contribution in [-0.2, 0) is 22.5 Å². The Balaban J connectivity index is 1.28. The fourth-order valence-electron chi connectivity index (χ4n) is 5.62. The molecule has 2 aromatic carbocycles. The summed E-state index contributed by atoms with van der Waals surface area (Å²) in [6, 6.07) is 12.1. The standard InChI is InChI=1S/C29H34N6O4/c1-2-27(37)33-9-11-34(12-10-33)28-24-7-8-35(26-18-22(36)17-21-5-3-4-6-23(21)26)19-25(24)30-29(31-28)39-16-14-32-13-15-38-20-32/h2-6,17-18,36H,1,7-16,19-20H2. The van der Waals surface area contributed by atoms with Crippen LogP contribution in [0.25, 0.3) is 10.8 Å². The minimum atomic E-state index is -0.0386. The van der Waals surface area contributed by atoms with Crippen molar-refractivity contribution < 1.29 is 19.4 Å². The molecule has 2 fully saturated rings. The molecule has 6 rings (SSSR count). The van der Waals surface area contributed by atoms with Crippen molar-refractivity contribution in [3.63, 3.8) is 0 Å². The summed E-state index contributed by atoms with van der Waals surface area (Å²) in [6.07, 6.45) is 2.14. The van der Waals surface area contributed by atoms with E-state index in [1.807, 2.05) is 29.2 Å². The summed E-state index contributed by atoms with van der Waals surface area (Å²) < 4.78 is 11.5. The van der Waals surface area contributed by atoms with E-state index >= 15 is 0 Å². The van der Waals surface area contributed by atoms with Gasteiger partial charge in [-0.2, -0.15) is 9.97 Å². The molecule has 0 bridgehead atoms. The Morgan fingerprint density at radius 3 is 2.72 bits per heavy atom. The fourth-order valence-corrected chi connectivity index (χ4v) is 5.62. The second-order valence-corrected chi connectivity index (χ2v) is 10.1. The lowest BCUT2D eigenvalue weighted by atomic mass is 10.0. The number of nitrogens with zero attached hydrogens (tertiary/aromatic N) is 6. The van der Waals surface area contributed by atoms with Gasteiger partial charge in [-0.05, 0) is 23.9 Å². The molecule has 0 aliphatic carbocycles. The second-order valence-electron chi connectivity index (χ2n) is 10.1. The van der Waals surface area contributed by atoms with E-state index in [1.54, 1.807) is 6.07 Å². The number of ether oxygens (including phenoxy) is 2. The Kier molecular flexibility index (Phi) is 7.21. The Labute approximate surface area is 228 Å². The SMILES string of the molecule is C=CC(=O)N1CCN(c2nc(OCCN3CCOC3)nc3c2CCN(c2cc(O)cc4ccccc24)C3)CC1. The number of fused-ring (bicyclic) bond motifs is 2. The third kappa shape index (κ3) is 5.35. The molecule has 1 amide bonds. The van der Waals surface area contributed by atoms with Crippen LogP contribution in [-0.4, -0.2) is 96.5 Å². The van der Waals surface area contributed by atoms with Gasteiger partial charge in [0.15, 0.2) is 0 Å². The predicted molar refractivity (Wildman–Crippen MR) is 149 cm³/mol. The largest absolute Gasteiger partial charge is 0.508 e. The topological polar surface area (TPSA) is 94.5 Å². The number of carbonyl (C=O) groups is 1. The first-order valence-electron chi connectivity index (χ1n) is 13.5. The summed E-state index contributed by atoms with van der Waals surface area (Å²) in [4.78, 5) is 30.4. The molecule has 2 saturated heterocycles. The number of aromatic nitrogens is 2. The lowest BCUT2D eigenvalue weighted by molar-refractivity contribution is -0.126. The number of anilines is 2. The molecule has 1 N–H and O–H groups in total. The molecule has 0 saturated carbocycles. The van der Waals surface area contributed by atoms with Crippen molar-refractivity contribution in [1.29, 1.82) is 0 Å². The summed E-state index contributed by atoms with van der Waals surface area (Å²) in [5, 5.41) is 12.5. The van der Waals surface area contributed by atoms with Gasteiger partial charge in [-0.15, -0.1) is 0 Å². The predicted octanol–water partition coefficient (Wildman–Crippen LogP) is 2.40. The van der Waals surface area contributed by atoms with Gasteiger partial charge in [-0.1, -0.05) is 30.8 Å². The zero-order valence-electron chi connectivity index (χ0n) is 22.1. The summed E-state index contributed by atoms with van der Waals surface area (Å²) in [5.74, 6) is 1.11. The Morgan fingerprint density at radius 2 is 1.92 bits per heavy atom. The maximum absolute atomic E-state index is 12.1. The van der Waals surface area contributed by atoms with Crippen molar-refractivity contribution in [1.82, 2.24) is 19.8 Å². The van der Waals surface area contributed by atoms with Crippen LogP contribution < -0.4 is 14.5 Å². The monoisotopic (exact) mass is 530 g/mol. The van der Waals surface area contributed by atoms with Gasteiger partial charge >= 0.3 is 6.01 Å². The summed E-state index contributed by atoms with van der Waals surface area (Å²) in [7, 11) is 0. The molecular formula is C29H34N6O4. The number of piperazine rings is 1. The van der Waals surface area contributed by atoms with E-state index in [4.69, 9.17) is 19.4 Å². The van der Waals surface area contributed by atoms with Gasteiger partial charge in [0.1, 0.15) is 18.2 Å². The molecule has 0 radical (unpaired) electrons. The Morgan fingerprint density at radius 1 is 1.08 bits per heavy atom. The normalized spacial score (nSPS) is 17.9. The zero-order chi connectivity index (χ0) is 26.8. The van der Waals surface area contributed by atoms with Crippen LogP contribution in [0.5, 0.6) is 11.8 Å². The van der Waals surface area contributed by atoms with Crippen molar-refractivity contribution in [2.75, 3.05) is 75.6 Å². The average Bonchev–Trinajstić information content (AvgIpc) is 3.49. The molecule has 3 aliphatic rings. The number of hydrogen-bond donors (Lipinski definition) is 1. The number of hydrogen-bond acceptors (Lipinski definition) is 9. The number of phenols is 1. The first kappa shape index (κ1) is 25.4. The fraction of sp³-hybridized carbons (Fsp3) is 0.414. The number of phenolic OH excluding ortho intramolecular Hbond substituents is 1. The van der Waals surface area contributed by atoms with Crippen molar-refractivity contribution in [2.24, 2.45) is 0 Å². The minimum Gasteiger partial charge on any atom is -0.508 e. The maximum Gasteiger partial charge on any atom is 0.318 e. The highest BCUT2D eigenvalue weighted by atomic mass is 16.5. The smallest absolute Gasteiger partial charge is 0.318 e. The van der Waals surface area contributed by atoms with Crippen LogP contribution in [0.15, 0.2) is 49.1 Å². The molecule has 0 atom stereocenters. The summed E-state index contributed by atoms with van der Waals surface area (Å²) in [5.41, 5.74) is 3.05. The molecular weight excluding hydrogens is 496 g/mol. The van der Waals surface area contributed by atoms with Crippen molar-refractivity contribution >= 4 is 28.2 Å². The Hall–Kier alpha value is -3.89. The molecule has 3 aliphatic heterocycles. The highest BCUT2D eigenvalue weighted by molar-refractivity contribution is 5.95. The molecule has 0 spiro atoms.